The lowest BCUT2D eigenvalue weighted by Crippen LogP contribution is -2.04. The zero-order chi connectivity index (χ0) is 9.19. The Morgan fingerprint density at radius 2 is 2.25 bits per heavy atom. The zero-order valence-electron chi connectivity index (χ0n) is 6.49. The largest absolute Gasteiger partial charge is 0.263 e. The second kappa shape index (κ2) is 3.41. The Bertz CT molecular complexity index is 375. The molecule has 0 spiro atoms. The van der Waals surface area contributed by atoms with Gasteiger partial charge in [0.25, 0.3) is 0 Å². The van der Waals surface area contributed by atoms with Crippen LogP contribution in [-0.4, -0.2) is 19.2 Å². The van der Waals surface area contributed by atoms with Crippen molar-refractivity contribution in [2.75, 3.05) is 5.75 Å². The first-order valence-corrected chi connectivity index (χ1v) is 5.43. The van der Waals surface area contributed by atoms with Gasteiger partial charge in [0.2, 0.25) is 0 Å². The maximum absolute atomic E-state index is 11.3. The van der Waals surface area contributed by atoms with Crippen molar-refractivity contribution in [3.63, 3.8) is 0 Å². The van der Waals surface area contributed by atoms with E-state index in [9.17, 15) is 8.42 Å². The molecule has 12 heavy (non-hydrogen) atoms. The van der Waals surface area contributed by atoms with E-state index in [0.717, 1.165) is 0 Å². The molecule has 0 unspecified atom stereocenters. The topological polar surface area (TPSA) is 47.0 Å². The van der Waals surface area contributed by atoms with E-state index >= 15 is 0 Å². The molecule has 3 nitrogen and oxygen atoms in total. The lowest BCUT2D eigenvalue weighted by molar-refractivity contribution is 0.597. The maximum atomic E-state index is 11.3. The molecule has 0 bridgehead atoms. The summed E-state index contributed by atoms with van der Waals surface area (Å²) in [6.45, 7) is 1.58. The van der Waals surface area contributed by atoms with Gasteiger partial charge < -0.3 is 0 Å². The van der Waals surface area contributed by atoms with Crippen LogP contribution in [0.2, 0.25) is 5.02 Å². The summed E-state index contributed by atoms with van der Waals surface area (Å²) in [7, 11) is -3.20. The number of nitrogens with zero attached hydrogens (tertiary/aromatic N) is 1. The Kier molecular flexibility index (Phi) is 2.69. The standard InChI is InChI=1S/C7H8ClNO2S/c1-2-12(10,11)7-3-4-9-5-6(7)8/h3-5H,2H2,1H3. The fourth-order valence-electron chi connectivity index (χ4n) is 0.770. The zero-order valence-corrected chi connectivity index (χ0v) is 8.06. The summed E-state index contributed by atoms with van der Waals surface area (Å²) in [5, 5.41) is 0.180. The summed E-state index contributed by atoms with van der Waals surface area (Å²) >= 11 is 5.65. The Labute approximate surface area is 76.3 Å². The minimum atomic E-state index is -3.20. The number of hydrogen-bond donors (Lipinski definition) is 0. The molecule has 0 aromatic carbocycles. The summed E-state index contributed by atoms with van der Waals surface area (Å²) in [6, 6.07) is 1.40. The molecule has 0 aliphatic carbocycles. The summed E-state index contributed by atoms with van der Waals surface area (Å²) in [5.41, 5.74) is 0. The van der Waals surface area contributed by atoms with E-state index in [1.165, 1.54) is 18.5 Å². The molecule has 0 radical (unpaired) electrons. The molecule has 0 saturated heterocycles. The monoisotopic (exact) mass is 205 g/mol. The van der Waals surface area contributed by atoms with Gasteiger partial charge in [-0.15, -0.1) is 0 Å². The molecule has 0 aliphatic rings. The van der Waals surface area contributed by atoms with Crippen LogP contribution in [0.3, 0.4) is 0 Å². The van der Waals surface area contributed by atoms with Gasteiger partial charge in [-0.25, -0.2) is 8.42 Å². The molecule has 1 rings (SSSR count). The molecule has 0 atom stereocenters. The molecular weight excluding hydrogens is 198 g/mol. The number of pyridine rings is 1. The maximum Gasteiger partial charge on any atom is 0.179 e. The van der Waals surface area contributed by atoms with Crippen molar-refractivity contribution in [1.82, 2.24) is 4.98 Å². The van der Waals surface area contributed by atoms with Crippen LogP contribution >= 0.6 is 11.6 Å². The van der Waals surface area contributed by atoms with Gasteiger partial charge in [-0.3, -0.25) is 4.98 Å². The van der Waals surface area contributed by atoms with Gasteiger partial charge in [-0.2, -0.15) is 0 Å². The van der Waals surface area contributed by atoms with Crippen molar-refractivity contribution in [1.29, 1.82) is 0 Å². The second-order valence-corrected chi connectivity index (χ2v) is 4.86. The van der Waals surface area contributed by atoms with Gasteiger partial charge >= 0.3 is 0 Å². The van der Waals surface area contributed by atoms with E-state index in [1.54, 1.807) is 6.92 Å². The second-order valence-electron chi connectivity index (χ2n) is 2.21. The highest BCUT2D eigenvalue weighted by molar-refractivity contribution is 7.91. The molecule has 1 heterocycles. The number of hydrogen-bond acceptors (Lipinski definition) is 3. The molecule has 5 heteroatoms. The molecule has 0 N–H and O–H groups in total. The molecule has 1 aromatic heterocycles. The van der Waals surface area contributed by atoms with Crippen LogP contribution < -0.4 is 0 Å². The predicted octanol–water partition coefficient (Wildman–Crippen LogP) is 1.53. The summed E-state index contributed by atoms with van der Waals surface area (Å²) in [5.74, 6) is 0.0523. The quantitative estimate of drug-likeness (QED) is 0.736. The smallest absolute Gasteiger partial charge is 0.179 e. The first kappa shape index (κ1) is 9.48. The van der Waals surface area contributed by atoms with Crippen LogP contribution in [0.25, 0.3) is 0 Å². The Morgan fingerprint density at radius 1 is 1.58 bits per heavy atom. The number of aromatic nitrogens is 1. The molecule has 0 saturated carbocycles. The average Bonchev–Trinajstić information content (AvgIpc) is 2.05. The van der Waals surface area contributed by atoms with Crippen molar-refractivity contribution in [3.05, 3.63) is 23.5 Å². The highest BCUT2D eigenvalue weighted by Crippen LogP contribution is 2.19. The molecular formula is C7H8ClNO2S. The summed E-state index contributed by atoms with van der Waals surface area (Å²) in [4.78, 5) is 3.85. The number of rotatable bonds is 2. The molecule has 66 valence electrons. The first-order chi connectivity index (χ1) is 5.58. The van der Waals surface area contributed by atoms with E-state index in [4.69, 9.17) is 11.6 Å². The fraction of sp³-hybridized carbons (Fsp3) is 0.286. The third-order valence-electron chi connectivity index (χ3n) is 1.45. The van der Waals surface area contributed by atoms with Crippen molar-refractivity contribution < 1.29 is 8.42 Å². The lowest BCUT2D eigenvalue weighted by atomic mass is 10.5. The van der Waals surface area contributed by atoms with Gasteiger partial charge in [0.1, 0.15) is 0 Å². The van der Waals surface area contributed by atoms with E-state index < -0.39 is 9.84 Å². The third kappa shape index (κ3) is 1.76. The minimum Gasteiger partial charge on any atom is -0.263 e. The predicted molar refractivity (Wildman–Crippen MR) is 47.0 cm³/mol. The van der Waals surface area contributed by atoms with Crippen molar-refractivity contribution in [3.8, 4) is 0 Å². The Hall–Kier alpha value is -0.610. The van der Waals surface area contributed by atoms with Gasteiger partial charge in [-0.05, 0) is 6.07 Å². The third-order valence-corrected chi connectivity index (χ3v) is 3.65. The lowest BCUT2D eigenvalue weighted by Gasteiger charge is -2.01. The van der Waals surface area contributed by atoms with Crippen molar-refractivity contribution in [2.24, 2.45) is 0 Å². The van der Waals surface area contributed by atoms with Crippen LogP contribution in [0.4, 0.5) is 0 Å². The normalized spacial score (nSPS) is 11.5. The van der Waals surface area contributed by atoms with Crippen LogP contribution in [0, 0.1) is 0 Å². The van der Waals surface area contributed by atoms with Crippen molar-refractivity contribution >= 4 is 21.4 Å². The van der Waals surface area contributed by atoms with Crippen LogP contribution in [0.15, 0.2) is 23.4 Å². The summed E-state index contributed by atoms with van der Waals surface area (Å²) < 4.78 is 22.6. The van der Waals surface area contributed by atoms with Gasteiger partial charge in [0, 0.05) is 12.4 Å². The van der Waals surface area contributed by atoms with Gasteiger partial charge in [0.15, 0.2) is 9.84 Å². The Morgan fingerprint density at radius 3 is 2.75 bits per heavy atom. The van der Waals surface area contributed by atoms with Gasteiger partial charge in [0.05, 0.1) is 15.7 Å². The number of halogens is 1. The van der Waals surface area contributed by atoms with E-state index in [1.807, 2.05) is 0 Å². The Balaban J connectivity index is 3.30. The first-order valence-electron chi connectivity index (χ1n) is 3.40. The number of sulfone groups is 1. The van der Waals surface area contributed by atoms with E-state index in [0.29, 0.717) is 0 Å². The van der Waals surface area contributed by atoms with Gasteiger partial charge in [-0.1, -0.05) is 18.5 Å². The summed E-state index contributed by atoms with van der Waals surface area (Å²) in [6.07, 6.45) is 2.73. The van der Waals surface area contributed by atoms with Crippen LogP contribution in [-0.2, 0) is 9.84 Å². The highest BCUT2D eigenvalue weighted by atomic mass is 35.5. The SMILES string of the molecule is CCS(=O)(=O)c1ccncc1Cl. The van der Waals surface area contributed by atoms with Crippen molar-refractivity contribution in [2.45, 2.75) is 11.8 Å². The molecule has 0 amide bonds. The van der Waals surface area contributed by atoms with Crippen LogP contribution in [0.5, 0.6) is 0 Å². The fourth-order valence-corrected chi connectivity index (χ4v) is 2.17. The minimum absolute atomic E-state index is 0.0523. The molecule has 1 aromatic rings. The van der Waals surface area contributed by atoms with E-state index in [-0.39, 0.29) is 15.7 Å². The average molecular weight is 206 g/mol. The molecule has 0 fully saturated rings. The molecule has 0 aliphatic heterocycles. The van der Waals surface area contributed by atoms with Crippen LogP contribution in [0.1, 0.15) is 6.92 Å². The highest BCUT2D eigenvalue weighted by Gasteiger charge is 2.14. The van der Waals surface area contributed by atoms with E-state index in [2.05, 4.69) is 4.98 Å².